The molecule has 1 rings (SSSR count). The molecule has 0 aromatic rings. The highest BCUT2D eigenvalue weighted by Gasteiger charge is 2.47. The topological polar surface area (TPSA) is 71.0 Å². The van der Waals surface area contributed by atoms with Crippen LogP contribution in [0.1, 0.15) is 25.7 Å². The molecular formula is C15H30N2O4. The summed E-state index contributed by atoms with van der Waals surface area (Å²) in [5, 5.41) is 12.6. The van der Waals surface area contributed by atoms with Crippen LogP contribution in [0.3, 0.4) is 0 Å². The standard InChI is InChI=1S/C15H30N2O4/c1-16-15(14(18)19)7-4-5-13(15)6-8-17(9-11-20-2)10-12-21-3/h13,16H,4-12H2,1-3H3,(H,18,19). The maximum Gasteiger partial charge on any atom is 0.324 e. The largest absolute Gasteiger partial charge is 0.480 e. The molecule has 2 atom stereocenters. The summed E-state index contributed by atoms with van der Waals surface area (Å²) < 4.78 is 10.3. The molecule has 0 spiro atoms. The van der Waals surface area contributed by atoms with Crippen LogP contribution in [0.4, 0.5) is 0 Å². The van der Waals surface area contributed by atoms with Crippen LogP contribution >= 0.6 is 0 Å². The van der Waals surface area contributed by atoms with Crippen molar-refractivity contribution in [3.63, 3.8) is 0 Å². The van der Waals surface area contributed by atoms with Gasteiger partial charge in [0.05, 0.1) is 13.2 Å². The summed E-state index contributed by atoms with van der Waals surface area (Å²) in [6.45, 7) is 3.96. The molecule has 1 aliphatic rings. The van der Waals surface area contributed by atoms with Crippen molar-refractivity contribution in [2.75, 3.05) is 54.1 Å². The van der Waals surface area contributed by atoms with Crippen LogP contribution in [0.2, 0.25) is 0 Å². The van der Waals surface area contributed by atoms with Gasteiger partial charge in [0.15, 0.2) is 0 Å². The highest BCUT2D eigenvalue weighted by atomic mass is 16.5. The van der Waals surface area contributed by atoms with Crippen LogP contribution in [0.25, 0.3) is 0 Å². The second-order valence-electron chi connectivity index (χ2n) is 5.73. The van der Waals surface area contributed by atoms with Gasteiger partial charge in [-0.15, -0.1) is 0 Å². The quantitative estimate of drug-likeness (QED) is 0.589. The minimum absolute atomic E-state index is 0.188. The first kappa shape index (κ1) is 18.4. The fourth-order valence-electron chi connectivity index (χ4n) is 3.30. The molecule has 0 bridgehead atoms. The summed E-state index contributed by atoms with van der Waals surface area (Å²) in [5.41, 5.74) is -0.742. The van der Waals surface area contributed by atoms with Crippen LogP contribution in [0.15, 0.2) is 0 Å². The Labute approximate surface area is 127 Å². The van der Waals surface area contributed by atoms with Gasteiger partial charge >= 0.3 is 5.97 Å². The van der Waals surface area contributed by atoms with Crippen molar-refractivity contribution < 1.29 is 19.4 Å². The van der Waals surface area contributed by atoms with Crippen LogP contribution in [0, 0.1) is 5.92 Å². The molecule has 0 aliphatic heterocycles. The van der Waals surface area contributed by atoms with Gasteiger partial charge in [-0.3, -0.25) is 9.69 Å². The van der Waals surface area contributed by atoms with Crippen molar-refractivity contribution in [2.45, 2.75) is 31.2 Å². The smallest absolute Gasteiger partial charge is 0.324 e. The third-order valence-corrected chi connectivity index (χ3v) is 4.67. The molecule has 1 fully saturated rings. The fourth-order valence-corrected chi connectivity index (χ4v) is 3.30. The molecule has 6 heteroatoms. The lowest BCUT2D eigenvalue weighted by molar-refractivity contribution is -0.146. The lowest BCUT2D eigenvalue weighted by Crippen LogP contribution is -2.53. The third kappa shape index (κ3) is 4.92. The van der Waals surface area contributed by atoms with E-state index in [4.69, 9.17) is 9.47 Å². The number of aliphatic carboxylic acids is 1. The Hall–Kier alpha value is -0.690. The van der Waals surface area contributed by atoms with Crippen molar-refractivity contribution in [1.82, 2.24) is 10.2 Å². The highest BCUT2D eigenvalue weighted by Crippen LogP contribution is 2.38. The van der Waals surface area contributed by atoms with Crippen LogP contribution in [-0.4, -0.2) is 75.6 Å². The van der Waals surface area contributed by atoms with Crippen molar-refractivity contribution in [3.8, 4) is 0 Å². The van der Waals surface area contributed by atoms with E-state index in [1.165, 1.54) is 0 Å². The molecule has 6 nitrogen and oxygen atoms in total. The Balaban J connectivity index is 2.54. The first-order chi connectivity index (χ1) is 10.1. The van der Waals surface area contributed by atoms with E-state index in [2.05, 4.69) is 10.2 Å². The second kappa shape index (κ2) is 9.35. The zero-order valence-electron chi connectivity index (χ0n) is 13.6. The molecule has 2 N–H and O–H groups in total. The molecule has 0 heterocycles. The van der Waals surface area contributed by atoms with E-state index in [9.17, 15) is 9.90 Å². The van der Waals surface area contributed by atoms with E-state index in [0.29, 0.717) is 13.2 Å². The van der Waals surface area contributed by atoms with Gasteiger partial charge in [-0.05, 0) is 38.8 Å². The normalized spacial score (nSPS) is 25.6. The van der Waals surface area contributed by atoms with Gasteiger partial charge in [-0.1, -0.05) is 6.42 Å². The molecular weight excluding hydrogens is 272 g/mol. The monoisotopic (exact) mass is 302 g/mol. The molecule has 0 aromatic carbocycles. The highest BCUT2D eigenvalue weighted by molar-refractivity contribution is 5.79. The molecule has 0 amide bonds. The predicted octanol–water partition coefficient (Wildman–Crippen LogP) is 0.814. The first-order valence-corrected chi connectivity index (χ1v) is 7.73. The molecule has 0 aromatic heterocycles. The van der Waals surface area contributed by atoms with Gasteiger partial charge < -0.3 is 19.9 Å². The molecule has 21 heavy (non-hydrogen) atoms. The van der Waals surface area contributed by atoms with Crippen molar-refractivity contribution in [2.24, 2.45) is 5.92 Å². The van der Waals surface area contributed by atoms with Crippen molar-refractivity contribution in [3.05, 3.63) is 0 Å². The van der Waals surface area contributed by atoms with E-state index < -0.39 is 11.5 Å². The number of likely N-dealkylation sites (N-methyl/N-ethyl adjacent to an activating group) is 1. The van der Waals surface area contributed by atoms with Gasteiger partial charge in [0.25, 0.3) is 0 Å². The second-order valence-corrected chi connectivity index (χ2v) is 5.73. The number of hydrogen-bond acceptors (Lipinski definition) is 5. The van der Waals surface area contributed by atoms with Gasteiger partial charge in [-0.25, -0.2) is 0 Å². The Kier molecular flexibility index (Phi) is 8.18. The molecule has 0 radical (unpaired) electrons. The number of hydrogen-bond donors (Lipinski definition) is 2. The number of carboxylic acids is 1. The van der Waals surface area contributed by atoms with E-state index in [1.807, 2.05) is 0 Å². The third-order valence-electron chi connectivity index (χ3n) is 4.67. The number of nitrogens with zero attached hydrogens (tertiary/aromatic N) is 1. The van der Waals surface area contributed by atoms with Gasteiger partial charge in [-0.2, -0.15) is 0 Å². The summed E-state index contributed by atoms with van der Waals surface area (Å²) in [7, 11) is 5.16. The number of carbonyl (C=O) groups is 1. The molecule has 1 aliphatic carbocycles. The van der Waals surface area contributed by atoms with Crippen LogP contribution < -0.4 is 5.32 Å². The number of nitrogens with one attached hydrogen (secondary N) is 1. The minimum atomic E-state index is -0.742. The molecule has 2 unspecified atom stereocenters. The van der Waals surface area contributed by atoms with Gasteiger partial charge in [0.1, 0.15) is 5.54 Å². The summed E-state index contributed by atoms with van der Waals surface area (Å²) in [4.78, 5) is 13.9. The minimum Gasteiger partial charge on any atom is -0.480 e. The van der Waals surface area contributed by atoms with Gasteiger partial charge in [0.2, 0.25) is 0 Å². The zero-order valence-corrected chi connectivity index (χ0v) is 13.6. The Morgan fingerprint density at radius 2 is 1.90 bits per heavy atom. The van der Waals surface area contributed by atoms with Crippen molar-refractivity contribution in [1.29, 1.82) is 0 Å². The summed E-state index contributed by atoms with van der Waals surface area (Å²) >= 11 is 0. The van der Waals surface area contributed by atoms with Crippen LogP contribution in [-0.2, 0) is 14.3 Å². The SMILES string of the molecule is CNC1(C(=O)O)CCCC1CCN(CCOC)CCOC. The number of ether oxygens (including phenoxy) is 2. The van der Waals surface area contributed by atoms with E-state index in [0.717, 1.165) is 45.3 Å². The van der Waals surface area contributed by atoms with E-state index >= 15 is 0 Å². The Morgan fingerprint density at radius 3 is 2.38 bits per heavy atom. The molecule has 0 saturated heterocycles. The fraction of sp³-hybridized carbons (Fsp3) is 0.933. The summed E-state index contributed by atoms with van der Waals surface area (Å²) in [6.07, 6.45) is 3.57. The molecule has 1 saturated carbocycles. The summed E-state index contributed by atoms with van der Waals surface area (Å²) in [5.74, 6) is -0.527. The Morgan fingerprint density at radius 1 is 1.29 bits per heavy atom. The average molecular weight is 302 g/mol. The number of rotatable bonds is 11. The molecule has 124 valence electrons. The van der Waals surface area contributed by atoms with E-state index in [1.54, 1.807) is 21.3 Å². The Bertz CT molecular complexity index is 306. The van der Waals surface area contributed by atoms with Crippen molar-refractivity contribution >= 4 is 5.97 Å². The predicted molar refractivity (Wildman–Crippen MR) is 81.6 cm³/mol. The first-order valence-electron chi connectivity index (χ1n) is 7.73. The summed E-state index contributed by atoms with van der Waals surface area (Å²) in [6, 6.07) is 0. The lowest BCUT2D eigenvalue weighted by Gasteiger charge is -2.32. The van der Waals surface area contributed by atoms with E-state index in [-0.39, 0.29) is 5.92 Å². The lowest BCUT2D eigenvalue weighted by atomic mass is 9.84. The number of carboxylic acid groups (broad SMARTS) is 1. The zero-order chi connectivity index (χ0) is 15.7. The van der Waals surface area contributed by atoms with Crippen LogP contribution in [0.5, 0.6) is 0 Å². The maximum absolute atomic E-state index is 11.6. The number of methoxy groups -OCH3 is 2. The average Bonchev–Trinajstić information content (AvgIpc) is 2.90. The maximum atomic E-state index is 11.6. The van der Waals surface area contributed by atoms with Gasteiger partial charge in [0, 0.05) is 27.3 Å².